The van der Waals surface area contributed by atoms with Crippen molar-refractivity contribution >= 4 is 0 Å². The SMILES string of the molecule is Cn1cc(CN2CCOCC(O)(COc3cccc(F)c3)C2)cn1. The molecular weight excluding hydrogens is 313 g/mol. The highest BCUT2D eigenvalue weighted by molar-refractivity contribution is 5.22. The van der Waals surface area contributed by atoms with E-state index in [-0.39, 0.29) is 19.0 Å². The van der Waals surface area contributed by atoms with Crippen molar-refractivity contribution < 1.29 is 19.0 Å². The highest BCUT2D eigenvalue weighted by Crippen LogP contribution is 2.18. The van der Waals surface area contributed by atoms with E-state index in [9.17, 15) is 9.50 Å². The molecule has 0 amide bonds. The number of aromatic nitrogens is 2. The summed E-state index contributed by atoms with van der Waals surface area (Å²) in [6, 6.07) is 5.89. The molecule has 0 bridgehead atoms. The third-order valence-electron chi connectivity index (χ3n) is 3.91. The Kier molecular flexibility index (Phi) is 5.13. The Morgan fingerprint density at radius 1 is 1.46 bits per heavy atom. The molecule has 1 saturated heterocycles. The first-order chi connectivity index (χ1) is 11.5. The Morgan fingerprint density at radius 2 is 2.33 bits per heavy atom. The van der Waals surface area contributed by atoms with E-state index in [4.69, 9.17) is 9.47 Å². The van der Waals surface area contributed by atoms with Crippen LogP contribution in [-0.2, 0) is 18.3 Å². The normalized spacial score (nSPS) is 22.3. The lowest BCUT2D eigenvalue weighted by Gasteiger charge is -2.30. The van der Waals surface area contributed by atoms with Gasteiger partial charge in [0.2, 0.25) is 0 Å². The van der Waals surface area contributed by atoms with Crippen LogP contribution in [0.4, 0.5) is 4.39 Å². The number of ether oxygens (including phenoxy) is 2. The molecule has 0 aliphatic carbocycles. The van der Waals surface area contributed by atoms with Crippen LogP contribution in [-0.4, -0.2) is 58.3 Å². The van der Waals surface area contributed by atoms with Crippen molar-refractivity contribution in [1.29, 1.82) is 0 Å². The minimum Gasteiger partial charge on any atom is -0.490 e. The van der Waals surface area contributed by atoms with Gasteiger partial charge in [-0.1, -0.05) is 6.07 Å². The van der Waals surface area contributed by atoms with Crippen LogP contribution < -0.4 is 4.74 Å². The quantitative estimate of drug-likeness (QED) is 0.890. The van der Waals surface area contributed by atoms with Crippen LogP contribution in [0.3, 0.4) is 0 Å². The molecule has 1 aliphatic heterocycles. The average Bonchev–Trinajstić information content (AvgIpc) is 2.85. The number of benzene rings is 1. The topological polar surface area (TPSA) is 59.8 Å². The Morgan fingerprint density at radius 3 is 3.08 bits per heavy atom. The third kappa shape index (κ3) is 4.53. The van der Waals surface area contributed by atoms with E-state index < -0.39 is 5.60 Å². The summed E-state index contributed by atoms with van der Waals surface area (Å²) in [6.45, 7) is 2.59. The smallest absolute Gasteiger partial charge is 0.134 e. The fourth-order valence-corrected chi connectivity index (χ4v) is 2.81. The maximum absolute atomic E-state index is 13.2. The maximum atomic E-state index is 13.2. The van der Waals surface area contributed by atoms with Crippen molar-refractivity contribution in [2.24, 2.45) is 7.05 Å². The molecule has 7 heteroatoms. The second kappa shape index (κ2) is 7.29. The molecule has 2 heterocycles. The molecule has 0 spiro atoms. The van der Waals surface area contributed by atoms with Crippen molar-refractivity contribution in [3.8, 4) is 5.75 Å². The zero-order chi connectivity index (χ0) is 17.0. The van der Waals surface area contributed by atoms with E-state index in [0.29, 0.717) is 25.4 Å². The van der Waals surface area contributed by atoms with E-state index in [1.54, 1.807) is 16.8 Å². The number of halogens is 1. The van der Waals surface area contributed by atoms with Crippen molar-refractivity contribution in [1.82, 2.24) is 14.7 Å². The van der Waals surface area contributed by atoms with Crippen molar-refractivity contribution in [3.05, 3.63) is 48.0 Å². The molecule has 130 valence electrons. The highest BCUT2D eigenvalue weighted by atomic mass is 19.1. The molecule has 0 saturated carbocycles. The second-order valence-corrected chi connectivity index (χ2v) is 6.26. The molecule has 24 heavy (non-hydrogen) atoms. The van der Waals surface area contributed by atoms with E-state index in [0.717, 1.165) is 12.1 Å². The van der Waals surface area contributed by atoms with Gasteiger partial charge < -0.3 is 14.6 Å². The van der Waals surface area contributed by atoms with Gasteiger partial charge in [0.05, 0.1) is 19.4 Å². The number of aryl methyl sites for hydroxylation is 1. The largest absolute Gasteiger partial charge is 0.490 e. The summed E-state index contributed by atoms with van der Waals surface area (Å²) in [7, 11) is 1.87. The summed E-state index contributed by atoms with van der Waals surface area (Å²) in [5, 5.41) is 15.0. The number of rotatable bonds is 5. The molecule has 0 radical (unpaired) electrons. The van der Waals surface area contributed by atoms with Gasteiger partial charge in [0.25, 0.3) is 0 Å². The minimum absolute atomic E-state index is 0.0417. The molecule has 1 aromatic heterocycles. The van der Waals surface area contributed by atoms with Gasteiger partial charge in [0, 0.05) is 44.5 Å². The van der Waals surface area contributed by atoms with Crippen molar-refractivity contribution in [2.75, 3.05) is 32.9 Å². The first-order valence-corrected chi connectivity index (χ1v) is 7.91. The standard InChI is InChI=1S/C17H22FN3O3/c1-20-9-14(8-19-20)10-21-5-6-23-12-17(22,11-21)13-24-16-4-2-3-15(18)7-16/h2-4,7-9,22H,5-6,10-13H2,1H3. The molecular formula is C17H22FN3O3. The Bertz CT molecular complexity index is 679. The highest BCUT2D eigenvalue weighted by Gasteiger charge is 2.33. The summed E-state index contributed by atoms with van der Waals surface area (Å²) < 4.78 is 26.1. The molecule has 1 unspecified atom stereocenters. The lowest BCUT2D eigenvalue weighted by molar-refractivity contribution is -0.0647. The molecule has 6 nitrogen and oxygen atoms in total. The zero-order valence-corrected chi connectivity index (χ0v) is 13.7. The van der Waals surface area contributed by atoms with Crippen molar-refractivity contribution in [2.45, 2.75) is 12.1 Å². The van der Waals surface area contributed by atoms with E-state index >= 15 is 0 Å². The van der Waals surface area contributed by atoms with Gasteiger partial charge in [0.1, 0.15) is 23.8 Å². The summed E-state index contributed by atoms with van der Waals surface area (Å²) in [5.41, 5.74) is -0.0711. The summed E-state index contributed by atoms with van der Waals surface area (Å²) in [5.74, 6) is 0.0290. The number of hydrogen-bond acceptors (Lipinski definition) is 5. The third-order valence-corrected chi connectivity index (χ3v) is 3.91. The minimum atomic E-state index is -1.15. The predicted octanol–water partition coefficient (Wildman–Crippen LogP) is 1.20. The number of aliphatic hydroxyl groups is 1. The van der Waals surface area contributed by atoms with Gasteiger partial charge in [-0.05, 0) is 12.1 Å². The molecule has 1 aromatic carbocycles. The molecule has 1 fully saturated rings. The van der Waals surface area contributed by atoms with Gasteiger partial charge in [-0.2, -0.15) is 5.10 Å². The van der Waals surface area contributed by atoms with Crippen LogP contribution in [0.5, 0.6) is 5.75 Å². The average molecular weight is 335 g/mol. The van der Waals surface area contributed by atoms with E-state index in [1.165, 1.54) is 12.1 Å². The monoisotopic (exact) mass is 335 g/mol. The summed E-state index contributed by atoms with van der Waals surface area (Å²) in [4.78, 5) is 2.11. The predicted molar refractivity (Wildman–Crippen MR) is 86.1 cm³/mol. The molecule has 2 aromatic rings. The fraction of sp³-hybridized carbons (Fsp3) is 0.471. The zero-order valence-electron chi connectivity index (χ0n) is 13.7. The van der Waals surface area contributed by atoms with Crippen molar-refractivity contribution in [3.63, 3.8) is 0 Å². The van der Waals surface area contributed by atoms with Gasteiger partial charge in [-0.15, -0.1) is 0 Å². The van der Waals surface area contributed by atoms with Crippen LogP contribution in [0.25, 0.3) is 0 Å². The maximum Gasteiger partial charge on any atom is 0.134 e. The number of hydrogen-bond donors (Lipinski definition) is 1. The van der Waals surface area contributed by atoms with Gasteiger partial charge in [0.15, 0.2) is 0 Å². The molecule has 1 N–H and O–H groups in total. The lowest BCUT2D eigenvalue weighted by Crippen LogP contribution is -2.48. The molecule has 3 rings (SSSR count). The van der Waals surface area contributed by atoms with Crippen LogP contribution in [0.15, 0.2) is 36.7 Å². The van der Waals surface area contributed by atoms with Crippen LogP contribution in [0.2, 0.25) is 0 Å². The van der Waals surface area contributed by atoms with Crippen LogP contribution in [0, 0.1) is 5.82 Å². The number of nitrogens with zero attached hydrogens (tertiary/aromatic N) is 3. The van der Waals surface area contributed by atoms with Crippen LogP contribution >= 0.6 is 0 Å². The Balaban J connectivity index is 1.62. The Labute approximate surface area is 140 Å². The van der Waals surface area contributed by atoms with Gasteiger partial charge >= 0.3 is 0 Å². The molecule has 1 aliphatic rings. The van der Waals surface area contributed by atoms with Gasteiger partial charge in [-0.25, -0.2) is 4.39 Å². The van der Waals surface area contributed by atoms with Crippen LogP contribution in [0.1, 0.15) is 5.56 Å². The summed E-state index contributed by atoms with van der Waals surface area (Å²) in [6.07, 6.45) is 3.77. The first-order valence-electron chi connectivity index (χ1n) is 7.91. The van der Waals surface area contributed by atoms with Gasteiger partial charge in [-0.3, -0.25) is 9.58 Å². The first kappa shape index (κ1) is 16.9. The lowest BCUT2D eigenvalue weighted by atomic mass is 10.1. The number of β-amino-alcohol motifs (C(OH)–C–C–N with tert-alkyl or cyclic N) is 1. The fourth-order valence-electron chi connectivity index (χ4n) is 2.81. The second-order valence-electron chi connectivity index (χ2n) is 6.26. The Hall–Kier alpha value is -1.96. The van der Waals surface area contributed by atoms with E-state index in [1.807, 2.05) is 19.4 Å². The molecule has 1 atom stereocenters. The summed E-state index contributed by atoms with van der Waals surface area (Å²) >= 11 is 0. The van der Waals surface area contributed by atoms with E-state index in [2.05, 4.69) is 10.00 Å².